The van der Waals surface area contributed by atoms with Crippen LogP contribution in [0.15, 0.2) is 91.0 Å². The molecule has 2 N–H and O–H groups in total. The summed E-state index contributed by atoms with van der Waals surface area (Å²) in [7, 11) is 0. The molecule has 0 heterocycles. The van der Waals surface area contributed by atoms with Gasteiger partial charge in [-0.2, -0.15) is 0 Å². The van der Waals surface area contributed by atoms with E-state index in [1.807, 2.05) is 66.7 Å². The van der Waals surface area contributed by atoms with Gasteiger partial charge in [0.25, 0.3) is 0 Å². The first-order chi connectivity index (χ1) is 13.2. The quantitative estimate of drug-likeness (QED) is 0.597. The lowest BCUT2D eigenvalue weighted by Gasteiger charge is -2.20. The first kappa shape index (κ1) is 20.0. The molecule has 0 spiro atoms. The minimum atomic E-state index is -0.379. The van der Waals surface area contributed by atoms with Crippen molar-refractivity contribution in [3.63, 3.8) is 0 Å². The molecule has 4 heteroatoms. The molecule has 1 amide bonds. The van der Waals surface area contributed by atoms with E-state index in [4.69, 9.17) is 15.2 Å². The maximum Gasteiger partial charge on any atom is 0.248 e. The highest BCUT2D eigenvalue weighted by atomic mass is 16.7. The molecule has 0 bridgehead atoms. The molecular formula is C23H25NO3. The smallest absolute Gasteiger partial charge is 0.248 e. The molecule has 4 nitrogen and oxygen atoms in total. The van der Waals surface area contributed by atoms with Crippen LogP contribution in [0.5, 0.6) is 11.5 Å². The number of hydrogen-bond acceptors (Lipinski definition) is 3. The fraction of sp³-hybridized carbons (Fsp3) is 0.174. The van der Waals surface area contributed by atoms with E-state index in [1.165, 1.54) is 0 Å². The summed E-state index contributed by atoms with van der Waals surface area (Å²) >= 11 is 0. The fourth-order valence-corrected chi connectivity index (χ4v) is 2.28. The molecule has 0 aliphatic carbocycles. The van der Waals surface area contributed by atoms with Crippen LogP contribution in [0.25, 0.3) is 0 Å². The summed E-state index contributed by atoms with van der Waals surface area (Å²) in [6.07, 6.45) is 1.65. The van der Waals surface area contributed by atoms with Crippen LogP contribution in [-0.2, 0) is 0 Å². The Hall–Kier alpha value is -3.27. The van der Waals surface area contributed by atoms with Crippen molar-refractivity contribution >= 4 is 5.91 Å². The van der Waals surface area contributed by atoms with E-state index in [2.05, 4.69) is 6.92 Å². The molecular weight excluding hydrogens is 338 g/mol. The molecule has 0 fully saturated rings. The Kier molecular flexibility index (Phi) is 8.44. The maximum atomic E-state index is 10.4. The van der Waals surface area contributed by atoms with Crippen molar-refractivity contribution in [3.05, 3.63) is 96.6 Å². The van der Waals surface area contributed by atoms with Crippen molar-refractivity contribution in [1.82, 2.24) is 0 Å². The van der Waals surface area contributed by atoms with Gasteiger partial charge in [-0.15, -0.1) is 0 Å². The number of hydrogen-bond donors (Lipinski definition) is 1. The Labute approximate surface area is 160 Å². The number of benzene rings is 3. The molecule has 140 valence electrons. The number of ether oxygens (including phenoxy) is 2. The number of para-hydroxylation sites is 2. The van der Waals surface area contributed by atoms with Crippen LogP contribution in [0, 0.1) is 0 Å². The van der Waals surface area contributed by atoms with Crippen molar-refractivity contribution < 1.29 is 14.3 Å². The van der Waals surface area contributed by atoms with E-state index in [1.54, 1.807) is 24.3 Å². The van der Waals surface area contributed by atoms with Gasteiger partial charge in [0, 0.05) is 12.0 Å². The third kappa shape index (κ3) is 7.65. The molecule has 0 aliphatic heterocycles. The lowest BCUT2D eigenvalue weighted by Crippen LogP contribution is -2.23. The molecule has 0 aliphatic rings. The third-order valence-corrected chi connectivity index (χ3v) is 3.60. The lowest BCUT2D eigenvalue weighted by molar-refractivity contribution is -0.00104. The van der Waals surface area contributed by atoms with Crippen LogP contribution in [-0.4, -0.2) is 12.2 Å². The van der Waals surface area contributed by atoms with E-state index in [0.717, 1.165) is 24.3 Å². The van der Waals surface area contributed by atoms with E-state index >= 15 is 0 Å². The van der Waals surface area contributed by atoms with Gasteiger partial charge in [0.1, 0.15) is 11.5 Å². The molecule has 0 saturated carbocycles. The van der Waals surface area contributed by atoms with Crippen molar-refractivity contribution in [2.75, 3.05) is 0 Å². The van der Waals surface area contributed by atoms with Crippen molar-refractivity contribution in [2.45, 2.75) is 26.1 Å². The highest BCUT2D eigenvalue weighted by molar-refractivity contribution is 5.92. The first-order valence-electron chi connectivity index (χ1n) is 8.97. The van der Waals surface area contributed by atoms with Crippen LogP contribution >= 0.6 is 0 Å². The Balaban J connectivity index is 0.000000244. The predicted octanol–water partition coefficient (Wildman–Crippen LogP) is 5.06. The zero-order chi connectivity index (χ0) is 19.3. The van der Waals surface area contributed by atoms with Crippen LogP contribution in [0.4, 0.5) is 0 Å². The fourth-order valence-electron chi connectivity index (χ4n) is 2.28. The molecule has 3 rings (SSSR count). The Bertz CT molecular complexity index is 735. The van der Waals surface area contributed by atoms with E-state index in [-0.39, 0.29) is 12.2 Å². The number of carbonyl (C=O) groups is 1. The summed E-state index contributed by atoms with van der Waals surface area (Å²) in [5, 5.41) is 0. The van der Waals surface area contributed by atoms with Gasteiger partial charge in [-0.05, 0) is 42.8 Å². The first-order valence-corrected chi connectivity index (χ1v) is 8.97. The molecule has 27 heavy (non-hydrogen) atoms. The van der Waals surface area contributed by atoms with Crippen LogP contribution < -0.4 is 15.2 Å². The van der Waals surface area contributed by atoms with Gasteiger partial charge in [0.2, 0.25) is 12.2 Å². The number of rotatable bonds is 7. The van der Waals surface area contributed by atoms with Gasteiger partial charge in [-0.1, -0.05) is 61.5 Å². The Morgan fingerprint density at radius 2 is 1.19 bits per heavy atom. The molecule has 0 radical (unpaired) electrons. The van der Waals surface area contributed by atoms with E-state index in [0.29, 0.717) is 5.56 Å². The summed E-state index contributed by atoms with van der Waals surface area (Å²) in [6.45, 7) is 2.12. The zero-order valence-corrected chi connectivity index (χ0v) is 15.5. The van der Waals surface area contributed by atoms with E-state index in [9.17, 15) is 4.79 Å². The van der Waals surface area contributed by atoms with Crippen molar-refractivity contribution in [1.29, 1.82) is 0 Å². The number of nitrogens with two attached hydrogens (primary N) is 1. The summed E-state index contributed by atoms with van der Waals surface area (Å²) in [5.74, 6) is 1.30. The highest BCUT2D eigenvalue weighted by Gasteiger charge is 2.10. The molecule has 3 aromatic carbocycles. The molecule has 0 unspecified atom stereocenters. The van der Waals surface area contributed by atoms with Gasteiger partial charge < -0.3 is 15.2 Å². The van der Waals surface area contributed by atoms with Crippen LogP contribution in [0.2, 0.25) is 0 Å². The SMILES string of the molecule is CCCC(Oc1ccccc1)Oc1ccccc1.NC(=O)c1ccccc1. The van der Waals surface area contributed by atoms with Gasteiger partial charge in [-0.25, -0.2) is 0 Å². The number of carbonyl (C=O) groups excluding carboxylic acids is 1. The molecule has 0 atom stereocenters. The van der Waals surface area contributed by atoms with Crippen molar-refractivity contribution in [3.8, 4) is 11.5 Å². The second-order valence-corrected chi connectivity index (χ2v) is 5.81. The molecule has 0 aromatic heterocycles. The Morgan fingerprint density at radius 3 is 1.52 bits per heavy atom. The molecule has 3 aromatic rings. The largest absolute Gasteiger partial charge is 0.455 e. The number of amides is 1. The summed E-state index contributed by atoms with van der Waals surface area (Å²) < 4.78 is 11.7. The second kappa shape index (κ2) is 11.4. The average Bonchev–Trinajstić information content (AvgIpc) is 2.71. The minimum absolute atomic E-state index is 0.236. The lowest BCUT2D eigenvalue weighted by atomic mass is 10.2. The van der Waals surface area contributed by atoms with Crippen LogP contribution in [0.3, 0.4) is 0 Å². The highest BCUT2D eigenvalue weighted by Crippen LogP contribution is 2.18. The number of primary amides is 1. The topological polar surface area (TPSA) is 61.6 Å². The average molecular weight is 363 g/mol. The van der Waals surface area contributed by atoms with Gasteiger partial charge >= 0.3 is 0 Å². The third-order valence-electron chi connectivity index (χ3n) is 3.60. The summed E-state index contributed by atoms with van der Waals surface area (Å²) in [5.41, 5.74) is 5.53. The second-order valence-electron chi connectivity index (χ2n) is 5.81. The minimum Gasteiger partial charge on any atom is -0.455 e. The normalized spacial score (nSPS) is 9.85. The maximum absolute atomic E-state index is 10.4. The molecule has 0 saturated heterocycles. The standard InChI is InChI=1S/C16H18O2.C7H7NO/c1-2-9-16(17-14-10-5-3-6-11-14)18-15-12-7-4-8-13-15;8-7(9)6-4-2-1-3-5-6/h3-8,10-13,16H,2,9H2,1H3;1-5H,(H2,8,9). The monoisotopic (exact) mass is 363 g/mol. The zero-order valence-electron chi connectivity index (χ0n) is 15.5. The van der Waals surface area contributed by atoms with Gasteiger partial charge in [-0.3, -0.25) is 4.79 Å². The van der Waals surface area contributed by atoms with E-state index < -0.39 is 0 Å². The summed E-state index contributed by atoms with van der Waals surface area (Å²) in [6, 6.07) is 28.3. The predicted molar refractivity (Wildman–Crippen MR) is 108 cm³/mol. The Morgan fingerprint density at radius 1 is 0.778 bits per heavy atom. The van der Waals surface area contributed by atoms with Gasteiger partial charge in [0.05, 0.1) is 0 Å². The summed E-state index contributed by atoms with van der Waals surface area (Å²) in [4.78, 5) is 10.4. The van der Waals surface area contributed by atoms with Crippen LogP contribution in [0.1, 0.15) is 30.1 Å². The van der Waals surface area contributed by atoms with Gasteiger partial charge in [0.15, 0.2) is 0 Å². The van der Waals surface area contributed by atoms with Crippen molar-refractivity contribution in [2.24, 2.45) is 5.73 Å².